The van der Waals surface area contributed by atoms with Gasteiger partial charge in [0.25, 0.3) is 5.91 Å². The number of ether oxygens (including phenoxy) is 1. The molecule has 0 atom stereocenters. The number of nitrogens with two attached hydrogens (primary N) is 1. The number of nitrogens with zero attached hydrogens (tertiary/aromatic N) is 2. The molecule has 3 N–H and O–H groups in total. The molecule has 0 fully saturated rings. The summed E-state index contributed by atoms with van der Waals surface area (Å²) in [6.07, 6.45) is 1.03. The number of nitrogens with one attached hydrogen (secondary N) is 1. The van der Waals surface area contributed by atoms with E-state index in [9.17, 15) is 9.59 Å². The first-order chi connectivity index (χ1) is 11.6. The fraction of sp³-hybridized carbons (Fsp3) is 0.312. The molecule has 0 saturated carbocycles. The van der Waals surface area contributed by atoms with Gasteiger partial charge in [0.2, 0.25) is 5.91 Å². The highest BCUT2D eigenvalue weighted by Gasteiger charge is 2.22. The zero-order valence-corrected chi connectivity index (χ0v) is 14.1. The van der Waals surface area contributed by atoms with E-state index >= 15 is 0 Å². The summed E-state index contributed by atoms with van der Waals surface area (Å²) in [7, 11) is 1.72. The number of carbonyl (C=O) groups excluding carboxylic acids is 2. The molecule has 8 heteroatoms. The quantitative estimate of drug-likeness (QED) is 0.861. The summed E-state index contributed by atoms with van der Waals surface area (Å²) >= 11 is 1.36. The van der Waals surface area contributed by atoms with E-state index in [1.807, 2.05) is 23.6 Å². The van der Waals surface area contributed by atoms with Crippen LogP contribution in [-0.4, -0.2) is 37.0 Å². The molecule has 2 heterocycles. The van der Waals surface area contributed by atoms with Crippen molar-refractivity contribution in [2.75, 3.05) is 30.4 Å². The number of fused-ring (bicyclic) bond motifs is 1. The van der Waals surface area contributed by atoms with Gasteiger partial charge in [0.15, 0.2) is 11.7 Å². The van der Waals surface area contributed by atoms with Crippen LogP contribution in [0.25, 0.3) is 11.3 Å². The first-order valence-corrected chi connectivity index (χ1v) is 8.45. The minimum Gasteiger partial charge on any atom is -0.482 e. The first kappa shape index (κ1) is 16.4. The summed E-state index contributed by atoms with van der Waals surface area (Å²) in [5, 5.41) is 5.18. The molecule has 126 valence electrons. The lowest BCUT2D eigenvalue weighted by Gasteiger charge is -2.26. The highest BCUT2D eigenvalue weighted by Crippen LogP contribution is 2.36. The standard InChI is InChI=1S/C16H18N4O3S/c1-20-12-7-10(4-5-13(12)23-8-15(20)22)11-9-24-16(18-11)19-14(21)3-2-6-17/h4-5,7,9H,2-3,6,8,17H2,1H3,(H,18,19,21). The normalized spacial score (nSPS) is 13.4. The van der Waals surface area contributed by atoms with Gasteiger partial charge in [-0.05, 0) is 31.2 Å². The summed E-state index contributed by atoms with van der Waals surface area (Å²) in [6.45, 7) is 0.540. The third-order valence-electron chi connectivity index (χ3n) is 3.70. The summed E-state index contributed by atoms with van der Waals surface area (Å²) in [4.78, 5) is 29.5. The van der Waals surface area contributed by atoms with Crippen LogP contribution in [0.4, 0.5) is 10.8 Å². The molecule has 1 aromatic carbocycles. The second kappa shape index (κ2) is 6.98. The lowest BCUT2D eigenvalue weighted by atomic mass is 10.1. The number of rotatable bonds is 5. The van der Waals surface area contributed by atoms with E-state index in [1.165, 1.54) is 11.3 Å². The SMILES string of the molecule is CN1C(=O)COc2ccc(-c3csc(NC(=O)CCCN)n3)cc21. The molecular weight excluding hydrogens is 328 g/mol. The van der Waals surface area contributed by atoms with Gasteiger partial charge < -0.3 is 20.7 Å². The van der Waals surface area contributed by atoms with Crippen molar-refractivity contribution in [2.24, 2.45) is 5.73 Å². The van der Waals surface area contributed by atoms with Gasteiger partial charge in [-0.3, -0.25) is 9.59 Å². The molecule has 1 aliphatic rings. The molecule has 3 rings (SSSR count). The van der Waals surface area contributed by atoms with E-state index in [4.69, 9.17) is 10.5 Å². The zero-order chi connectivity index (χ0) is 17.1. The lowest BCUT2D eigenvalue weighted by molar-refractivity contribution is -0.121. The topological polar surface area (TPSA) is 97.5 Å². The Morgan fingerprint density at radius 1 is 1.50 bits per heavy atom. The maximum Gasteiger partial charge on any atom is 0.264 e. The Bertz CT molecular complexity index is 774. The van der Waals surface area contributed by atoms with Crippen LogP contribution in [0.15, 0.2) is 23.6 Å². The Morgan fingerprint density at radius 3 is 3.12 bits per heavy atom. The lowest BCUT2D eigenvalue weighted by Crippen LogP contribution is -2.35. The largest absolute Gasteiger partial charge is 0.482 e. The Kier molecular flexibility index (Phi) is 4.77. The zero-order valence-electron chi connectivity index (χ0n) is 13.2. The summed E-state index contributed by atoms with van der Waals surface area (Å²) in [6, 6.07) is 5.57. The third kappa shape index (κ3) is 3.39. The number of thiazole rings is 1. The van der Waals surface area contributed by atoms with Crippen molar-refractivity contribution < 1.29 is 14.3 Å². The predicted molar refractivity (Wildman–Crippen MR) is 93.4 cm³/mol. The molecule has 0 bridgehead atoms. The first-order valence-electron chi connectivity index (χ1n) is 7.57. The van der Waals surface area contributed by atoms with Gasteiger partial charge in [-0.2, -0.15) is 0 Å². The molecule has 1 aliphatic heterocycles. The second-order valence-corrected chi connectivity index (χ2v) is 6.26. The minimum atomic E-state index is -0.0921. The molecule has 7 nitrogen and oxygen atoms in total. The van der Waals surface area contributed by atoms with Crippen LogP contribution in [-0.2, 0) is 9.59 Å². The van der Waals surface area contributed by atoms with Crippen LogP contribution in [0.5, 0.6) is 5.75 Å². The van der Waals surface area contributed by atoms with Crippen molar-refractivity contribution in [1.29, 1.82) is 0 Å². The van der Waals surface area contributed by atoms with Crippen molar-refractivity contribution >= 4 is 34.0 Å². The van der Waals surface area contributed by atoms with Gasteiger partial charge in [0, 0.05) is 24.4 Å². The van der Waals surface area contributed by atoms with Crippen LogP contribution >= 0.6 is 11.3 Å². The molecule has 0 aliphatic carbocycles. The number of likely N-dealkylation sites (N-methyl/N-ethyl adjacent to an activating group) is 1. The average Bonchev–Trinajstić information content (AvgIpc) is 3.04. The minimum absolute atomic E-state index is 0.0541. The summed E-state index contributed by atoms with van der Waals surface area (Å²) < 4.78 is 5.42. The number of aromatic nitrogens is 1. The monoisotopic (exact) mass is 346 g/mol. The van der Waals surface area contributed by atoms with E-state index in [2.05, 4.69) is 10.3 Å². The van der Waals surface area contributed by atoms with Gasteiger partial charge in [-0.25, -0.2) is 4.98 Å². The highest BCUT2D eigenvalue weighted by atomic mass is 32.1. The molecular formula is C16H18N4O3S. The maximum absolute atomic E-state index is 11.7. The van der Waals surface area contributed by atoms with Crippen LogP contribution in [0, 0.1) is 0 Å². The van der Waals surface area contributed by atoms with Gasteiger partial charge in [0.05, 0.1) is 11.4 Å². The number of hydrogen-bond acceptors (Lipinski definition) is 6. The number of carbonyl (C=O) groups is 2. The van der Waals surface area contributed by atoms with Crippen molar-refractivity contribution in [3.8, 4) is 17.0 Å². The van der Waals surface area contributed by atoms with Gasteiger partial charge >= 0.3 is 0 Å². The van der Waals surface area contributed by atoms with E-state index in [-0.39, 0.29) is 18.4 Å². The Hall–Kier alpha value is -2.45. The highest BCUT2D eigenvalue weighted by molar-refractivity contribution is 7.14. The number of hydrogen-bond donors (Lipinski definition) is 2. The van der Waals surface area contributed by atoms with Crippen LogP contribution in [0.2, 0.25) is 0 Å². The fourth-order valence-corrected chi connectivity index (χ4v) is 3.08. The van der Waals surface area contributed by atoms with Gasteiger partial charge in [0.1, 0.15) is 5.75 Å². The average molecular weight is 346 g/mol. The number of benzene rings is 1. The Balaban J connectivity index is 1.78. The number of amides is 2. The van der Waals surface area contributed by atoms with E-state index < -0.39 is 0 Å². The molecule has 0 radical (unpaired) electrons. The second-order valence-electron chi connectivity index (χ2n) is 5.40. The Morgan fingerprint density at radius 2 is 2.33 bits per heavy atom. The molecule has 0 unspecified atom stereocenters. The smallest absolute Gasteiger partial charge is 0.264 e. The van der Waals surface area contributed by atoms with E-state index in [0.29, 0.717) is 36.0 Å². The molecule has 2 amide bonds. The van der Waals surface area contributed by atoms with E-state index in [1.54, 1.807) is 11.9 Å². The number of anilines is 2. The summed E-state index contributed by atoms with van der Waals surface area (Å²) in [5.41, 5.74) is 7.71. The molecule has 0 spiro atoms. The predicted octanol–water partition coefficient (Wildman–Crippen LogP) is 1.84. The third-order valence-corrected chi connectivity index (χ3v) is 4.46. The maximum atomic E-state index is 11.7. The van der Waals surface area contributed by atoms with Crippen molar-refractivity contribution in [2.45, 2.75) is 12.8 Å². The molecule has 1 aromatic heterocycles. The van der Waals surface area contributed by atoms with Crippen molar-refractivity contribution in [3.63, 3.8) is 0 Å². The van der Waals surface area contributed by atoms with Crippen molar-refractivity contribution in [1.82, 2.24) is 4.98 Å². The van der Waals surface area contributed by atoms with Crippen LogP contribution < -0.4 is 20.7 Å². The van der Waals surface area contributed by atoms with Crippen molar-refractivity contribution in [3.05, 3.63) is 23.6 Å². The van der Waals surface area contributed by atoms with Crippen LogP contribution in [0.3, 0.4) is 0 Å². The Labute approximate surface area is 143 Å². The summed E-state index contributed by atoms with van der Waals surface area (Å²) in [5.74, 6) is 0.489. The molecule has 0 saturated heterocycles. The van der Waals surface area contributed by atoms with Gasteiger partial charge in [-0.15, -0.1) is 11.3 Å². The molecule has 24 heavy (non-hydrogen) atoms. The van der Waals surface area contributed by atoms with Crippen LogP contribution in [0.1, 0.15) is 12.8 Å². The van der Waals surface area contributed by atoms with E-state index in [0.717, 1.165) is 11.3 Å². The van der Waals surface area contributed by atoms with Gasteiger partial charge in [-0.1, -0.05) is 0 Å². The molecule has 2 aromatic rings. The fourth-order valence-electron chi connectivity index (χ4n) is 2.34.